The third-order valence-corrected chi connectivity index (χ3v) is 6.31. The molecule has 108 valence electrons. The first kappa shape index (κ1) is 14.5. The van der Waals surface area contributed by atoms with Crippen LogP contribution in [0.1, 0.15) is 5.56 Å². The summed E-state index contributed by atoms with van der Waals surface area (Å²) < 4.78 is 28.8. The van der Waals surface area contributed by atoms with E-state index in [1.54, 1.807) is 24.3 Å². The van der Waals surface area contributed by atoms with Gasteiger partial charge in [0.2, 0.25) is 0 Å². The molecule has 4 nitrogen and oxygen atoms in total. The number of anilines is 1. The summed E-state index contributed by atoms with van der Waals surface area (Å²) in [6.07, 6.45) is 0. The van der Waals surface area contributed by atoms with E-state index in [1.165, 1.54) is 11.3 Å². The lowest BCUT2D eigenvalue weighted by molar-refractivity contribution is 0.600. The second kappa shape index (κ2) is 5.40. The minimum Gasteiger partial charge on any atom is -0.255 e. The van der Waals surface area contributed by atoms with Crippen molar-refractivity contribution in [2.75, 3.05) is 4.72 Å². The summed E-state index contributed by atoms with van der Waals surface area (Å²) in [7, 11) is -3.65. The number of fused-ring (bicyclic) bond motifs is 1. The molecule has 0 saturated heterocycles. The number of aromatic nitrogens is 1. The Balaban J connectivity index is 1.99. The summed E-state index contributed by atoms with van der Waals surface area (Å²) in [6, 6.07) is 12.5. The molecule has 0 saturated carbocycles. The summed E-state index contributed by atoms with van der Waals surface area (Å²) in [6.45, 7) is 1.99. The summed E-state index contributed by atoms with van der Waals surface area (Å²) >= 11 is 4.58. The summed E-state index contributed by atoms with van der Waals surface area (Å²) in [4.78, 5) is 4.50. The van der Waals surface area contributed by atoms with Gasteiger partial charge in [0.1, 0.15) is 4.90 Å². The molecule has 3 rings (SSSR count). The number of thiazole rings is 1. The lowest BCUT2D eigenvalue weighted by Crippen LogP contribution is -2.13. The minimum atomic E-state index is -3.65. The summed E-state index contributed by atoms with van der Waals surface area (Å²) in [5.41, 5.74) is 1.90. The molecule has 1 aromatic heterocycles. The van der Waals surface area contributed by atoms with E-state index < -0.39 is 10.0 Å². The standard InChI is InChI=1S/C14H11BrN2O2S2/c1-9-6-7-11-12(8-9)20-14(16-11)17-21(18,19)13-5-3-2-4-10(13)15/h2-8H,1H3,(H,16,17). The highest BCUT2D eigenvalue weighted by molar-refractivity contribution is 9.10. The van der Waals surface area contributed by atoms with E-state index in [0.717, 1.165) is 15.8 Å². The van der Waals surface area contributed by atoms with Crippen LogP contribution in [-0.4, -0.2) is 13.4 Å². The average molecular weight is 383 g/mol. The molecule has 0 radical (unpaired) electrons. The molecule has 2 aromatic carbocycles. The molecule has 21 heavy (non-hydrogen) atoms. The summed E-state index contributed by atoms with van der Waals surface area (Å²) in [5.74, 6) is 0. The maximum Gasteiger partial charge on any atom is 0.264 e. The Kier molecular flexibility index (Phi) is 3.73. The van der Waals surface area contributed by atoms with Crippen molar-refractivity contribution in [2.24, 2.45) is 0 Å². The van der Waals surface area contributed by atoms with Gasteiger partial charge in [0.25, 0.3) is 10.0 Å². The van der Waals surface area contributed by atoms with Gasteiger partial charge in [0.05, 0.1) is 10.2 Å². The van der Waals surface area contributed by atoms with E-state index in [-0.39, 0.29) is 4.90 Å². The van der Waals surface area contributed by atoms with Gasteiger partial charge in [0.15, 0.2) is 5.13 Å². The lowest BCUT2D eigenvalue weighted by atomic mass is 10.2. The number of hydrogen-bond donors (Lipinski definition) is 1. The van der Waals surface area contributed by atoms with Crippen molar-refractivity contribution in [3.8, 4) is 0 Å². The molecule has 3 aromatic rings. The van der Waals surface area contributed by atoms with Gasteiger partial charge in [-0.3, -0.25) is 4.72 Å². The van der Waals surface area contributed by atoms with Gasteiger partial charge in [-0.25, -0.2) is 13.4 Å². The quantitative estimate of drug-likeness (QED) is 0.739. The fraction of sp³-hybridized carbons (Fsp3) is 0.0714. The molecular weight excluding hydrogens is 372 g/mol. The molecule has 1 N–H and O–H groups in total. The molecule has 7 heteroatoms. The molecule has 0 atom stereocenters. The van der Waals surface area contributed by atoms with Crippen LogP contribution in [0, 0.1) is 6.92 Å². The molecule has 0 aliphatic carbocycles. The number of halogens is 1. The van der Waals surface area contributed by atoms with Crippen LogP contribution >= 0.6 is 27.3 Å². The van der Waals surface area contributed by atoms with Crippen molar-refractivity contribution in [3.05, 3.63) is 52.5 Å². The maximum atomic E-state index is 12.4. The van der Waals surface area contributed by atoms with Crippen molar-refractivity contribution in [1.29, 1.82) is 0 Å². The fourth-order valence-electron chi connectivity index (χ4n) is 1.91. The molecule has 1 heterocycles. The number of benzene rings is 2. The monoisotopic (exact) mass is 382 g/mol. The fourth-order valence-corrected chi connectivity index (χ4v) is 5.11. The van der Waals surface area contributed by atoms with Gasteiger partial charge >= 0.3 is 0 Å². The van der Waals surface area contributed by atoms with Gasteiger partial charge in [-0.05, 0) is 52.7 Å². The first-order chi connectivity index (χ1) is 9.95. The highest BCUT2D eigenvalue weighted by Gasteiger charge is 2.19. The highest BCUT2D eigenvalue weighted by atomic mass is 79.9. The maximum absolute atomic E-state index is 12.4. The molecule has 0 fully saturated rings. The average Bonchev–Trinajstić information content (AvgIpc) is 2.79. The number of aryl methyl sites for hydroxylation is 1. The molecule has 0 aliphatic rings. The van der Waals surface area contributed by atoms with E-state index in [2.05, 4.69) is 25.6 Å². The topological polar surface area (TPSA) is 59.1 Å². The predicted molar refractivity (Wildman–Crippen MR) is 89.3 cm³/mol. The van der Waals surface area contributed by atoms with Crippen LogP contribution in [0.15, 0.2) is 51.8 Å². The number of nitrogens with one attached hydrogen (secondary N) is 1. The van der Waals surface area contributed by atoms with E-state index in [9.17, 15) is 8.42 Å². The van der Waals surface area contributed by atoms with E-state index >= 15 is 0 Å². The van der Waals surface area contributed by atoms with Gasteiger partial charge < -0.3 is 0 Å². The molecule has 0 unspecified atom stereocenters. The first-order valence-electron chi connectivity index (χ1n) is 6.10. The zero-order chi connectivity index (χ0) is 15.0. The van der Waals surface area contributed by atoms with E-state index in [1.807, 2.05) is 25.1 Å². The van der Waals surface area contributed by atoms with Crippen LogP contribution in [0.25, 0.3) is 10.2 Å². The molecule has 0 spiro atoms. The lowest BCUT2D eigenvalue weighted by Gasteiger charge is -2.06. The van der Waals surface area contributed by atoms with Crippen LogP contribution in [0.5, 0.6) is 0 Å². The SMILES string of the molecule is Cc1ccc2nc(NS(=O)(=O)c3ccccc3Br)sc2c1. The van der Waals surface area contributed by atoms with Gasteiger partial charge in [0, 0.05) is 4.47 Å². The van der Waals surface area contributed by atoms with Gasteiger partial charge in [-0.15, -0.1) is 0 Å². The Hall–Kier alpha value is -1.44. The Morgan fingerprint density at radius 1 is 1.19 bits per heavy atom. The van der Waals surface area contributed by atoms with Crippen molar-refractivity contribution in [2.45, 2.75) is 11.8 Å². The van der Waals surface area contributed by atoms with Crippen LogP contribution < -0.4 is 4.72 Å². The van der Waals surface area contributed by atoms with Gasteiger partial charge in [-0.1, -0.05) is 29.5 Å². The Morgan fingerprint density at radius 3 is 2.71 bits per heavy atom. The second-order valence-corrected chi connectivity index (χ2v) is 8.06. The van der Waals surface area contributed by atoms with E-state index in [0.29, 0.717) is 9.60 Å². The van der Waals surface area contributed by atoms with Crippen molar-refractivity contribution in [3.63, 3.8) is 0 Å². The highest BCUT2D eigenvalue weighted by Crippen LogP contribution is 2.29. The Morgan fingerprint density at radius 2 is 1.95 bits per heavy atom. The smallest absolute Gasteiger partial charge is 0.255 e. The van der Waals surface area contributed by atoms with Crippen LogP contribution in [-0.2, 0) is 10.0 Å². The number of rotatable bonds is 3. The Labute approximate surface area is 135 Å². The normalized spacial score (nSPS) is 11.7. The molecule has 0 amide bonds. The number of hydrogen-bond acceptors (Lipinski definition) is 4. The van der Waals surface area contributed by atoms with Gasteiger partial charge in [-0.2, -0.15) is 0 Å². The summed E-state index contributed by atoms with van der Waals surface area (Å²) in [5, 5.41) is 0.367. The zero-order valence-corrected chi connectivity index (χ0v) is 14.2. The molecular formula is C14H11BrN2O2S2. The number of nitrogens with zero attached hydrogens (tertiary/aromatic N) is 1. The van der Waals surface area contributed by atoms with Crippen molar-refractivity contribution in [1.82, 2.24) is 4.98 Å². The van der Waals surface area contributed by atoms with Crippen molar-refractivity contribution >= 4 is 52.6 Å². The number of sulfonamides is 1. The largest absolute Gasteiger partial charge is 0.264 e. The third-order valence-electron chi connectivity index (χ3n) is 2.89. The Bertz CT molecular complexity index is 920. The predicted octanol–water partition coefficient (Wildman–Crippen LogP) is 4.17. The minimum absolute atomic E-state index is 0.195. The van der Waals surface area contributed by atoms with Crippen LogP contribution in [0.3, 0.4) is 0 Å². The third kappa shape index (κ3) is 2.95. The zero-order valence-electron chi connectivity index (χ0n) is 11.0. The van der Waals surface area contributed by atoms with Crippen LogP contribution in [0.4, 0.5) is 5.13 Å². The first-order valence-corrected chi connectivity index (χ1v) is 9.19. The van der Waals surface area contributed by atoms with Crippen molar-refractivity contribution < 1.29 is 8.42 Å². The molecule has 0 bridgehead atoms. The second-order valence-electron chi connectivity index (χ2n) is 4.53. The molecule has 0 aliphatic heterocycles. The van der Waals surface area contributed by atoms with E-state index in [4.69, 9.17) is 0 Å². The van der Waals surface area contributed by atoms with Crippen LogP contribution in [0.2, 0.25) is 0 Å².